The number of nitriles is 1. The molecular formula is C20H26N6. The molecule has 0 saturated carbocycles. The molecule has 1 aliphatic heterocycles. The van der Waals surface area contributed by atoms with Crippen molar-refractivity contribution in [3.05, 3.63) is 40.7 Å². The Hall–Kier alpha value is -2.68. The van der Waals surface area contributed by atoms with E-state index >= 15 is 0 Å². The zero-order valence-electron chi connectivity index (χ0n) is 15.8. The van der Waals surface area contributed by atoms with Gasteiger partial charge < -0.3 is 10.2 Å². The molecule has 6 heteroatoms. The van der Waals surface area contributed by atoms with Crippen LogP contribution in [0.2, 0.25) is 0 Å². The van der Waals surface area contributed by atoms with Gasteiger partial charge in [0.25, 0.3) is 0 Å². The zero-order valence-corrected chi connectivity index (χ0v) is 15.8. The zero-order chi connectivity index (χ0) is 18.5. The molecule has 2 aromatic rings. The van der Waals surface area contributed by atoms with Crippen LogP contribution in [0.5, 0.6) is 0 Å². The Morgan fingerprint density at radius 2 is 2.12 bits per heavy atom. The number of aryl methyl sites for hydroxylation is 2. The van der Waals surface area contributed by atoms with Crippen LogP contribution >= 0.6 is 0 Å². The number of pyridine rings is 1. The molecule has 3 heterocycles. The highest BCUT2D eigenvalue weighted by molar-refractivity contribution is 5.58. The van der Waals surface area contributed by atoms with Crippen LogP contribution in [0, 0.1) is 24.2 Å². The Bertz CT molecular complexity index is 810. The number of nitrogens with one attached hydrogen (secondary N) is 1. The fourth-order valence-corrected chi connectivity index (χ4v) is 3.58. The summed E-state index contributed by atoms with van der Waals surface area (Å²) in [6.07, 6.45) is 2.69. The summed E-state index contributed by atoms with van der Waals surface area (Å²) in [6, 6.07) is 8.38. The van der Waals surface area contributed by atoms with Crippen LogP contribution in [0.4, 0.5) is 11.6 Å². The van der Waals surface area contributed by atoms with Crippen LogP contribution in [0.15, 0.2) is 18.2 Å². The average Bonchev–Trinajstić information content (AvgIpc) is 3.13. The van der Waals surface area contributed by atoms with Gasteiger partial charge in [-0.1, -0.05) is 19.9 Å². The molecule has 1 unspecified atom stereocenters. The quantitative estimate of drug-likeness (QED) is 0.862. The molecule has 0 aromatic carbocycles. The van der Waals surface area contributed by atoms with E-state index in [1.807, 2.05) is 25.1 Å². The molecule has 1 atom stereocenters. The van der Waals surface area contributed by atoms with Crippen molar-refractivity contribution in [3.8, 4) is 6.07 Å². The topological polar surface area (TPSA) is 77.7 Å². The van der Waals surface area contributed by atoms with Gasteiger partial charge >= 0.3 is 0 Å². The first-order valence-corrected chi connectivity index (χ1v) is 9.37. The highest BCUT2D eigenvalue weighted by Gasteiger charge is 2.27. The fraction of sp³-hybridized carbons (Fsp3) is 0.500. The molecule has 6 nitrogen and oxygen atoms in total. The summed E-state index contributed by atoms with van der Waals surface area (Å²) in [7, 11) is 0. The fourth-order valence-electron chi connectivity index (χ4n) is 3.58. The van der Waals surface area contributed by atoms with Gasteiger partial charge in [0.1, 0.15) is 17.5 Å². The third-order valence-corrected chi connectivity index (χ3v) is 4.98. The van der Waals surface area contributed by atoms with Gasteiger partial charge in [-0.15, -0.1) is 5.10 Å². The molecule has 0 bridgehead atoms. The number of rotatable bonds is 6. The highest BCUT2D eigenvalue weighted by Crippen LogP contribution is 2.28. The Morgan fingerprint density at radius 3 is 2.81 bits per heavy atom. The first-order chi connectivity index (χ1) is 12.7. The summed E-state index contributed by atoms with van der Waals surface area (Å²) in [5, 5.41) is 21.9. The summed E-state index contributed by atoms with van der Waals surface area (Å²) in [6.45, 7) is 8.79. The second-order valence-electron chi connectivity index (χ2n) is 6.79. The molecule has 26 heavy (non-hydrogen) atoms. The van der Waals surface area contributed by atoms with Gasteiger partial charge in [-0.25, -0.2) is 4.98 Å². The van der Waals surface area contributed by atoms with Crippen molar-refractivity contribution in [1.29, 1.82) is 5.26 Å². The molecule has 136 valence electrons. The number of aromatic nitrogens is 3. The highest BCUT2D eigenvalue weighted by atomic mass is 15.3. The second kappa shape index (κ2) is 8.13. The van der Waals surface area contributed by atoms with E-state index in [4.69, 9.17) is 0 Å². The van der Waals surface area contributed by atoms with Crippen molar-refractivity contribution in [1.82, 2.24) is 15.2 Å². The molecule has 0 spiro atoms. The van der Waals surface area contributed by atoms with E-state index in [-0.39, 0.29) is 0 Å². The molecule has 0 aliphatic carbocycles. The standard InChI is InChI=1S/C20H26N6/c1-4-16-17(11-21)20(25-24-18(16)5-2)26-10-9-15(13-26)12-22-19-8-6-7-14(3)23-19/h6-8,15H,4-5,9-10,12-13H2,1-3H3,(H,22,23). The normalized spacial score (nSPS) is 16.5. The van der Waals surface area contributed by atoms with Gasteiger partial charge in [0.05, 0.1) is 5.69 Å². The monoisotopic (exact) mass is 350 g/mol. The van der Waals surface area contributed by atoms with Crippen molar-refractivity contribution < 1.29 is 0 Å². The summed E-state index contributed by atoms with van der Waals surface area (Å²) in [5.74, 6) is 2.17. The molecule has 0 radical (unpaired) electrons. The molecule has 1 fully saturated rings. The Balaban J connectivity index is 1.70. The van der Waals surface area contributed by atoms with Crippen LogP contribution in [0.25, 0.3) is 0 Å². The van der Waals surface area contributed by atoms with Crippen molar-refractivity contribution in [2.45, 2.75) is 40.0 Å². The van der Waals surface area contributed by atoms with Crippen LogP contribution < -0.4 is 10.2 Å². The van der Waals surface area contributed by atoms with Crippen molar-refractivity contribution in [3.63, 3.8) is 0 Å². The molecule has 3 rings (SSSR count). The second-order valence-corrected chi connectivity index (χ2v) is 6.79. The smallest absolute Gasteiger partial charge is 0.169 e. The van der Waals surface area contributed by atoms with E-state index in [2.05, 4.69) is 45.3 Å². The van der Waals surface area contributed by atoms with Crippen LogP contribution in [-0.2, 0) is 12.8 Å². The van der Waals surface area contributed by atoms with E-state index in [1.54, 1.807) is 0 Å². The van der Waals surface area contributed by atoms with Gasteiger partial charge in [0, 0.05) is 25.3 Å². The molecule has 0 amide bonds. The molecular weight excluding hydrogens is 324 g/mol. The molecule has 2 aromatic heterocycles. The third kappa shape index (κ3) is 3.77. The summed E-state index contributed by atoms with van der Waals surface area (Å²) < 4.78 is 0. The van der Waals surface area contributed by atoms with E-state index in [0.29, 0.717) is 11.5 Å². The van der Waals surface area contributed by atoms with Crippen molar-refractivity contribution in [2.24, 2.45) is 5.92 Å². The minimum atomic E-state index is 0.501. The lowest BCUT2D eigenvalue weighted by Crippen LogP contribution is -2.25. The minimum Gasteiger partial charge on any atom is -0.370 e. The van der Waals surface area contributed by atoms with Crippen LogP contribution in [-0.4, -0.2) is 34.8 Å². The largest absolute Gasteiger partial charge is 0.370 e. The third-order valence-electron chi connectivity index (χ3n) is 4.98. The van der Waals surface area contributed by atoms with Crippen molar-refractivity contribution in [2.75, 3.05) is 29.9 Å². The van der Waals surface area contributed by atoms with Gasteiger partial charge in [0.2, 0.25) is 0 Å². The maximum absolute atomic E-state index is 9.69. The molecule has 1 aliphatic rings. The molecule has 1 N–H and O–H groups in total. The summed E-state index contributed by atoms with van der Waals surface area (Å²) >= 11 is 0. The number of hydrogen-bond donors (Lipinski definition) is 1. The first-order valence-electron chi connectivity index (χ1n) is 9.37. The van der Waals surface area contributed by atoms with E-state index in [9.17, 15) is 5.26 Å². The maximum Gasteiger partial charge on any atom is 0.169 e. The number of hydrogen-bond acceptors (Lipinski definition) is 6. The SMILES string of the molecule is CCc1nnc(N2CCC(CNc3cccc(C)n3)C2)c(C#N)c1CC. The maximum atomic E-state index is 9.69. The van der Waals surface area contributed by atoms with E-state index in [1.165, 1.54) is 0 Å². The van der Waals surface area contributed by atoms with Crippen molar-refractivity contribution >= 4 is 11.6 Å². The van der Waals surface area contributed by atoms with Crippen LogP contribution in [0.3, 0.4) is 0 Å². The number of nitrogens with zero attached hydrogens (tertiary/aromatic N) is 5. The lowest BCUT2D eigenvalue weighted by atomic mass is 10.0. The lowest BCUT2D eigenvalue weighted by Gasteiger charge is -2.20. The predicted molar refractivity (Wildman–Crippen MR) is 103 cm³/mol. The van der Waals surface area contributed by atoms with Crippen LogP contribution in [0.1, 0.15) is 42.8 Å². The molecule has 1 saturated heterocycles. The van der Waals surface area contributed by atoms with E-state index in [0.717, 1.165) is 67.5 Å². The summed E-state index contributed by atoms with van der Waals surface area (Å²) in [4.78, 5) is 6.70. The first kappa shape index (κ1) is 18.1. The van der Waals surface area contributed by atoms with Gasteiger partial charge in [0.15, 0.2) is 5.82 Å². The summed E-state index contributed by atoms with van der Waals surface area (Å²) in [5.41, 5.74) is 3.70. The number of anilines is 2. The van der Waals surface area contributed by atoms with Gasteiger partial charge in [-0.05, 0) is 49.8 Å². The van der Waals surface area contributed by atoms with Gasteiger partial charge in [-0.3, -0.25) is 0 Å². The Kier molecular flexibility index (Phi) is 5.67. The minimum absolute atomic E-state index is 0.501. The average molecular weight is 350 g/mol. The predicted octanol–water partition coefficient (Wildman–Crippen LogP) is 3.11. The lowest BCUT2D eigenvalue weighted by molar-refractivity contribution is 0.620. The van der Waals surface area contributed by atoms with E-state index < -0.39 is 0 Å². The Morgan fingerprint density at radius 1 is 1.27 bits per heavy atom. The Labute approximate surface area is 155 Å². The van der Waals surface area contributed by atoms with Gasteiger partial charge in [-0.2, -0.15) is 10.4 Å².